The Morgan fingerprint density at radius 1 is 0.269 bits per heavy atom. The van der Waals surface area contributed by atoms with E-state index in [0.717, 1.165) is 44.5 Å². The van der Waals surface area contributed by atoms with Crippen molar-refractivity contribution < 1.29 is 46.6 Å². The lowest BCUT2D eigenvalue weighted by Gasteiger charge is -2.31. The van der Waals surface area contributed by atoms with Crippen LogP contribution in [-0.2, 0) is 42.9 Å². The second kappa shape index (κ2) is 18.3. The standard InChI is InChI=1S/C64H46O10P4/c65-63-43(37-75(67)59-29-13-5-21-51(59)47-17-1-9-25-55(47)71-75)33-41(34-44(63)38-76(68)60-30-14-6-22-52(60)48-18-2-10-26-56(48)72-76)42-35-45(39-77(69)61-31-15-7-23-53(61)49-19-3-11-27-57(49)73-77)64(66)46(36-42)40-78(70)62-32-16-8-24-54(62)50-20-4-12-28-58(50)74-78/h1-36,65-66H,37-40H2. The number of fused-ring (bicyclic) bond motifs is 12. The van der Waals surface area contributed by atoms with Crippen LogP contribution in [-0.4, -0.2) is 10.2 Å². The van der Waals surface area contributed by atoms with Crippen molar-refractivity contribution in [2.45, 2.75) is 24.6 Å². The van der Waals surface area contributed by atoms with Crippen LogP contribution in [0.1, 0.15) is 22.3 Å². The van der Waals surface area contributed by atoms with Gasteiger partial charge in [0, 0.05) is 44.5 Å². The van der Waals surface area contributed by atoms with Crippen molar-refractivity contribution in [1.29, 1.82) is 0 Å². The van der Waals surface area contributed by atoms with Crippen molar-refractivity contribution in [3.63, 3.8) is 0 Å². The fourth-order valence-corrected chi connectivity index (χ4v) is 21.1. The predicted molar refractivity (Wildman–Crippen MR) is 309 cm³/mol. The fraction of sp³-hybridized carbons (Fsp3) is 0.0625. The average Bonchev–Trinajstić information content (AvgIpc) is 3.48. The molecule has 0 bridgehead atoms. The Morgan fingerprint density at radius 2 is 0.462 bits per heavy atom. The van der Waals surface area contributed by atoms with E-state index in [9.17, 15) is 10.2 Å². The molecule has 10 nitrogen and oxygen atoms in total. The maximum Gasteiger partial charge on any atom is 0.282 e. The summed E-state index contributed by atoms with van der Waals surface area (Å²) in [6, 6.07) is 66.0. The van der Waals surface area contributed by atoms with Gasteiger partial charge in [0.05, 0.1) is 45.9 Å². The van der Waals surface area contributed by atoms with Crippen LogP contribution in [0.3, 0.4) is 0 Å². The SMILES string of the molecule is O=P1(Cc2cc(-c3cc(CP4(=O)Oc5ccccc5-c5ccccc54)c(O)c(CP4(=O)Oc5ccccc5-c5ccccc54)c3)cc(CP3(=O)Oc4ccccc4-c4ccccc43)c2O)Oc2ccccc2-c2ccccc21. The smallest absolute Gasteiger partial charge is 0.282 e. The molecule has 10 aromatic rings. The molecular weight excluding hydrogens is 1050 g/mol. The molecule has 2 N–H and O–H groups in total. The number of phenolic OH excluding ortho intramolecular Hbond substituents is 2. The molecule has 78 heavy (non-hydrogen) atoms. The van der Waals surface area contributed by atoms with Crippen molar-refractivity contribution in [2.75, 3.05) is 0 Å². The molecule has 0 aliphatic carbocycles. The second-order valence-electron chi connectivity index (χ2n) is 20.0. The lowest BCUT2D eigenvalue weighted by atomic mass is 9.96. The molecule has 0 spiro atoms. The summed E-state index contributed by atoms with van der Waals surface area (Å²) >= 11 is 0. The van der Waals surface area contributed by atoms with Crippen LogP contribution < -0.4 is 39.3 Å². The molecule has 382 valence electrons. The number of phenols is 2. The van der Waals surface area contributed by atoms with E-state index in [2.05, 4.69) is 0 Å². The van der Waals surface area contributed by atoms with Gasteiger partial charge >= 0.3 is 0 Å². The number of hydrogen-bond donors (Lipinski definition) is 2. The van der Waals surface area contributed by atoms with Crippen LogP contribution in [0.4, 0.5) is 0 Å². The summed E-state index contributed by atoms with van der Waals surface area (Å²) in [6.45, 7) is 0. The predicted octanol–water partition coefficient (Wildman–Crippen LogP) is 15.4. The fourth-order valence-electron chi connectivity index (χ4n) is 11.6. The van der Waals surface area contributed by atoms with Gasteiger partial charge in [-0.05, 0) is 106 Å². The normalized spacial score (nSPS) is 20.7. The summed E-state index contributed by atoms with van der Waals surface area (Å²) in [5.74, 6) is 1.26. The van der Waals surface area contributed by atoms with Crippen LogP contribution in [0.5, 0.6) is 34.5 Å². The van der Waals surface area contributed by atoms with Gasteiger partial charge in [0.1, 0.15) is 34.5 Å². The van der Waals surface area contributed by atoms with Gasteiger partial charge in [-0.25, -0.2) is 0 Å². The first-order valence-electron chi connectivity index (χ1n) is 25.5. The van der Waals surface area contributed by atoms with Crippen molar-refractivity contribution in [2.24, 2.45) is 0 Å². The Balaban J connectivity index is 0.965. The van der Waals surface area contributed by atoms with Crippen molar-refractivity contribution >= 4 is 50.7 Å². The molecule has 0 fully saturated rings. The summed E-state index contributed by atoms with van der Waals surface area (Å²) in [7, 11) is -15.6. The zero-order valence-electron chi connectivity index (χ0n) is 41.6. The van der Waals surface area contributed by atoms with Crippen LogP contribution in [0.25, 0.3) is 55.6 Å². The third kappa shape index (κ3) is 7.92. The molecule has 14 rings (SSSR count). The van der Waals surface area contributed by atoms with Crippen LogP contribution in [0, 0.1) is 0 Å². The van der Waals surface area contributed by atoms with Crippen LogP contribution in [0.15, 0.2) is 218 Å². The Kier molecular flexibility index (Phi) is 11.3. The average molecular weight is 1100 g/mol. The molecule has 0 aromatic heterocycles. The lowest BCUT2D eigenvalue weighted by molar-refractivity contribution is 0.456. The Labute approximate surface area is 450 Å². The third-order valence-corrected chi connectivity index (χ3v) is 24.7. The lowest BCUT2D eigenvalue weighted by Crippen LogP contribution is -2.20. The first-order chi connectivity index (χ1) is 37.9. The number of para-hydroxylation sites is 4. The Hall–Kier alpha value is -8.08. The molecular formula is C64H46O10P4. The third-order valence-electron chi connectivity index (χ3n) is 15.2. The number of aromatic hydroxyl groups is 2. The summed E-state index contributed by atoms with van der Waals surface area (Å²) in [4.78, 5) is 0. The zero-order valence-corrected chi connectivity index (χ0v) is 45.1. The highest BCUT2D eigenvalue weighted by Crippen LogP contribution is 2.63. The Bertz CT molecular complexity index is 3830. The zero-order chi connectivity index (χ0) is 53.0. The topological polar surface area (TPSA) is 146 Å². The maximum atomic E-state index is 15.8. The quantitative estimate of drug-likeness (QED) is 0.134. The summed E-state index contributed by atoms with van der Waals surface area (Å²) in [6.07, 6.45) is -1.09. The van der Waals surface area contributed by atoms with E-state index in [1.165, 1.54) is 0 Å². The summed E-state index contributed by atoms with van der Waals surface area (Å²) in [5.41, 5.74) is 7.96. The number of rotatable bonds is 9. The van der Waals surface area contributed by atoms with Crippen molar-refractivity contribution in [3.05, 3.63) is 241 Å². The monoisotopic (exact) mass is 1100 g/mol. The van der Waals surface area contributed by atoms with Gasteiger partial charge in [0.15, 0.2) is 0 Å². The van der Waals surface area contributed by atoms with E-state index in [4.69, 9.17) is 18.1 Å². The maximum absolute atomic E-state index is 15.8. The molecule has 0 saturated carbocycles. The molecule has 10 aromatic carbocycles. The number of hydrogen-bond acceptors (Lipinski definition) is 10. The molecule has 0 saturated heterocycles. The molecule has 4 aliphatic heterocycles. The first kappa shape index (κ1) is 48.3. The van der Waals surface area contributed by atoms with Crippen molar-refractivity contribution in [1.82, 2.24) is 0 Å². The van der Waals surface area contributed by atoms with Gasteiger partial charge in [-0.3, -0.25) is 18.3 Å². The summed E-state index contributed by atoms with van der Waals surface area (Å²) < 4.78 is 89.2. The molecule has 4 unspecified atom stereocenters. The molecule has 0 radical (unpaired) electrons. The molecule has 0 amide bonds. The highest BCUT2D eigenvalue weighted by atomic mass is 31.2. The first-order valence-corrected chi connectivity index (χ1v) is 32.7. The van der Waals surface area contributed by atoms with E-state index >= 15 is 18.3 Å². The van der Waals surface area contributed by atoms with Crippen molar-refractivity contribution in [3.8, 4) is 90.1 Å². The molecule has 14 heteroatoms. The minimum Gasteiger partial charge on any atom is -0.507 e. The van der Waals surface area contributed by atoms with E-state index in [1.807, 2.05) is 146 Å². The van der Waals surface area contributed by atoms with E-state index in [-0.39, 0.29) is 58.4 Å². The van der Waals surface area contributed by atoms with Gasteiger partial charge in [-0.2, -0.15) is 0 Å². The van der Waals surface area contributed by atoms with Gasteiger partial charge in [0.2, 0.25) is 0 Å². The minimum absolute atomic E-state index is 0.233. The van der Waals surface area contributed by atoms with Gasteiger partial charge < -0.3 is 28.3 Å². The van der Waals surface area contributed by atoms with E-state index in [0.29, 0.717) is 55.3 Å². The minimum atomic E-state index is -3.89. The largest absolute Gasteiger partial charge is 0.507 e. The van der Waals surface area contributed by atoms with Gasteiger partial charge in [-0.1, -0.05) is 146 Å². The number of benzene rings is 10. The molecule has 4 heterocycles. The highest BCUT2D eigenvalue weighted by Gasteiger charge is 2.43. The highest BCUT2D eigenvalue weighted by molar-refractivity contribution is 7.68. The van der Waals surface area contributed by atoms with Gasteiger partial charge in [0.25, 0.3) is 29.5 Å². The second-order valence-corrected chi connectivity index (χ2v) is 29.3. The molecule has 4 atom stereocenters. The van der Waals surface area contributed by atoms with E-state index < -0.39 is 29.5 Å². The Morgan fingerprint density at radius 3 is 0.692 bits per heavy atom. The van der Waals surface area contributed by atoms with Crippen LogP contribution in [0.2, 0.25) is 0 Å². The molecule has 4 aliphatic rings. The van der Waals surface area contributed by atoms with E-state index in [1.54, 1.807) is 72.8 Å². The van der Waals surface area contributed by atoms with Crippen LogP contribution >= 0.6 is 29.5 Å². The van der Waals surface area contributed by atoms with Gasteiger partial charge in [-0.15, -0.1) is 0 Å². The summed E-state index contributed by atoms with van der Waals surface area (Å²) in [5, 5.41) is 27.4.